The van der Waals surface area contributed by atoms with Gasteiger partial charge in [0.2, 0.25) is 5.95 Å². The Labute approximate surface area is 120 Å². The molecule has 3 aromatic rings. The van der Waals surface area contributed by atoms with Crippen molar-refractivity contribution in [2.75, 3.05) is 12.3 Å². The van der Waals surface area contributed by atoms with E-state index in [9.17, 15) is 0 Å². The third kappa shape index (κ3) is 2.14. The summed E-state index contributed by atoms with van der Waals surface area (Å²) < 4.78 is 5.63. The standard InChI is InChI=1S/C13H12ClN5O/c1-2-20-9-5-10(14)19-12-11(9)7(6-17-12)8-3-4-16-13(15)18-8/h3-6H,2H2,1H3,(H,17,19)(H2,15,16,18). The molecule has 0 aliphatic rings. The van der Waals surface area contributed by atoms with Crippen molar-refractivity contribution in [1.29, 1.82) is 0 Å². The number of hydrogen-bond donors (Lipinski definition) is 2. The third-order valence-corrected chi connectivity index (χ3v) is 3.02. The van der Waals surface area contributed by atoms with Gasteiger partial charge in [0.15, 0.2) is 0 Å². The second-order valence-corrected chi connectivity index (χ2v) is 4.49. The first-order valence-electron chi connectivity index (χ1n) is 6.08. The summed E-state index contributed by atoms with van der Waals surface area (Å²) in [6.07, 6.45) is 3.42. The monoisotopic (exact) mass is 289 g/mol. The molecule has 102 valence electrons. The molecule has 6 nitrogen and oxygen atoms in total. The van der Waals surface area contributed by atoms with Crippen LogP contribution in [-0.2, 0) is 0 Å². The molecule has 0 unspecified atom stereocenters. The van der Waals surface area contributed by atoms with Crippen molar-refractivity contribution < 1.29 is 4.74 Å². The molecule has 3 N–H and O–H groups in total. The Morgan fingerprint density at radius 1 is 1.40 bits per heavy atom. The summed E-state index contributed by atoms with van der Waals surface area (Å²) in [5.74, 6) is 0.882. The highest BCUT2D eigenvalue weighted by atomic mass is 35.5. The maximum atomic E-state index is 5.98. The molecule has 0 aliphatic heterocycles. The predicted octanol–water partition coefficient (Wildman–Crippen LogP) is 2.65. The third-order valence-electron chi connectivity index (χ3n) is 2.82. The number of hydrogen-bond acceptors (Lipinski definition) is 5. The summed E-state index contributed by atoms with van der Waals surface area (Å²) in [6.45, 7) is 2.45. The normalized spacial score (nSPS) is 10.9. The molecule has 3 heterocycles. The molecule has 0 aliphatic carbocycles. The van der Waals surface area contributed by atoms with E-state index < -0.39 is 0 Å². The van der Waals surface area contributed by atoms with Crippen LogP contribution in [0, 0.1) is 0 Å². The minimum absolute atomic E-state index is 0.219. The summed E-state index contributed by atoms with van der Waals surface area (Å²) in [5.41, 5.74) is 7.83. The van der Waals surface area contributed by atoms with Gasteiger partial charge < -0.3 is 15.5 Å². The van der Waals surface area contributed by atoms with Gasteiger partial charge in [-0.25, -0.2) is 15.0 Å². The second kappa shape index (κ2) is 4.97. The van der Waals surface area contributed by atoms with Crippen LogP contribution in [0.3, 0.4) is 0 Å². The van der Waals surface area contributed by atoms with Crippen molar-refractivity contribution in [2.24, 2.45) is 0 Å². The van der Waals surface area contributed by atoms with Gasteiger partial charge in [0.25, 0.3) is 0 Å². The van der Waals surface area contributed by atoms with Crippen LogP contribution in [0.5, 0.6) is 5.75 Å². The minimum Gasteiger partial charge on any atom is -0.493 e. The smallest absolute Gasteiger partial charge is 0.220 e. The summed E-state index contributed by atoms with van der Waals surface area (Å²) >= 11 is 5.98. The quantitative estimate of drug-likeness (QED) is 0.724. The number of aromatic amines is 1. The lowest BCUT2D eigenvalue weighted by Crippen LogP contribution is -1.96. The van der Waals surface area contributed by atoms with E-state index in [-0.39, 0.29) is 5.95 Å². The number of rotatable bonds is 3. The van der Waals surface area contributed by atoms with E-state index in [4.69, 9.17) is 22.1 Å². The number of aromatic nitrogens is 4. The maximum Gasteiger partial charge on any atom is 0.220 e. The van der Waals surface area contributed by atoms with Gasteiger partial charge in [-0.3, -0.25) is 0 Å². The Morgan fingerprint density at radius 3 is 3.00 bits per heavy atom. The summed E-state index contributed by atoms with van der Waals surface area (Å²) in [6, 6.07) is 3.47. The highest BCUT2D eigenvalue weighted by Gasteiger charge is 2.15. The van der Waals surface area contributed by atoms with Crippen LogP contribution in [0.1, 0.15) is 6.92 Å². The van der Waals surface area contributed by atoms with Crippen molar-refractivity contribution in [1.82, 2.24) is 19.9 Å². The zero-order chi connectivity index (χ0) is 14.1. The number of nitrogens with one attached hydrogen (secondary N) is 1. The van der Waals surface area contributed by atoms with Crippen LogP contribution in [0.4, 0.5) is 5.95 Å². The van der Waals surface area contributed by atoms with Gasteiger partial charge >= 0.3 is 0 Å². The van der Waals surface area contributed by atoms with Crippen molar-refractivity contribution in [3.05, 3.63) is 29.7 Å². The lowest BCUT2D eigenvalue weighted by molar-refractivity contribution is 0.344. The van der Waals surface area contributed by atoms with Crippen LogP contribution in [0.25, 0.3) is 22.3 Å². The van der Waals surface area contributed by atoms with E-state index in [1.165, 1.54) is 0 Å². The molecule has 0 amide bonds. The minimum atomic E-state index is 0.219. The Kier molecular flexibility index (Phi) is 3.15. The Bertz CT molecular complexity index is 771. The number of nitrogens with zero attached hydrogens (tertiary/aromatic N) is 3. The molecule has 0 saturated carbocycles. The number of ether oxygens (including phenoxy) is 1. The fourth-order valence-corrected chi connectivity index (χ4v) is 2.25. The summed E-state index contributed by atoms with van der Waals surface area (Å²) in [7, 11) is 0. The molecule has 0 radical (unpaired) electrons. The number of nitrogen functional groups attached to an aromatic ring is 1. The van der Waals surface area contributed by atoms with Crippen LogP contribution in [0.2, 0.25) is 5.15 Å². The van der Waals surface area contributed by atoms with E-state index >= 15 is 0 Å². The molecule has 3 aromatic heterocycles. The zero-order valence-electron chi connectivity index (χ0n) is 10.7. The number of fused-ring (bicyclic) bond motifs is 1. The van der Waals surface area contributed by atoms with E-state index in [0.29, 0.717) is 28.9 Å². The number of anilines is 1. The van der Waals surface area contributed by atoms with E-state index in [2.05, 4.69) is 19.9 Å². The van der Waals surface area contributed by atoms with Gasteiger partial charge in [0.1, 0.15) is 16.5 Å². The molecule has 0 saturated heterocycles. The first kappa shape index (κ1) is 12.7. The lowest BCUT2D eigenvalue weighted by Gasteiger charge is -2.07. The molecule has 0 fully saturated rings. The van der Waals surface area contributed by atoms with E-state index in [1.54, 1.807) is 24.5 Å². The first-order chi connectivity index (χ1) is 9.69. The molecular formula is C13H12ClN5O. The molecular weight excluding hydrogens is 278 g/mol. The second-order valence-electron chi connectivity index (χ2n) is 4.10. The first-order valence-corrected chi connectivity index (χ1v) is 6.46. The Hall–Kier alpha value is -2.34. The van der Waals surface area contributed by atoms with Crippen LogP contribution in [-0.4, -0.2) is 26.5 Å². The maximum absolute atomic E-state index is 5.98. The fourth-order valence-electron chi connectivity index (χ4n) is 2.06. The van der Waals surface area contributed by atoms with E-state index in [0.717, 1.165) is 10.9 Å². The summed E-state index contributed by atoms with van der Waals surface area (Å²) in [5, 5.41) is 1.20. The van der Waals surface area contributed by atoms with Crippen molar-refractivity contribution in [3.8, 4) is 17.0 Å². The molecule has 0 aromatic carbocycles. The molecule has 3 rings (SSSR count). The predicted molar refractivity (Wildman–Crippen MR) is 77.7 cm³/mol. The van der Waals surface area contributed by atoms with Crippen LogP contribution in [0.15, 0.2) is 24.5 Å². The highest BCUT2D eigenvalue weighted by Crippen LogP contribution is 2.35. The van der Waals surface area contributed by atoms with Gasteiger partial charge in [-0.2, -0.15) is 0 Å². The molecule has 0 spiro atoms. The van der Waals surface area contributed by atoms with Gasteiger partial charge in [0.05, 0.1) is 17.7 Å². The van der Waals surface area contributed by atoms with Crippen molar-refractivity contribution >= 4 is 28.6 Å². The Morgan fingerprint density at radius 2 is 2.25 bits per heavy atom. The van der Waals surface area contributed by atoms with Crippen molar-refractivity contribution in [2.45, 2.75) is 6.92 Å². The average molecular weight is 290 g/mol. The van der Waals surface area contributed by atoms with Gasteiger partial charge in [-0.15, -0.1) is 0 Å². The topological polar surface area (TPSA) is 89.7 Å². The average Bonchev–Trinajstić information content (AvgIpc) is 2.82. The highest BCUT2D eigenvalue weighted by molar-refractivity contribution is 6.30. The largest absolute Gasteiger partial charge is 0.493 e. The van der Waals surface area contributed by atoms with Gasteiger partial charge in [0, 0.05) is 24.0 Å². The molecule has 7 heteroatoms. The van der Waals surface area contributed by atoms with Gasteiger partial charge in [-0.05, 0) is 13.0 Å². The number of halogens is 1. The van der Waals surface area contributed by atoms with Gasteiger partial charge in [-0.1, -0.05) is 11.6 Å². The SMILES string of the molecule is CCOc1cc(Cl)nc2[nH]cc(-c3ccnc(N)n3)c12. The van der Waals surface area contributed by atoms with E-state index in [1.807, 2.05) is 6.92 Å². The number of H-pyrrole nitrogens is 1. The summed E-state index contributed by atoms with van der Waals surface area (Å²) in [4.78, 5) is 15.4. The zero-order valence-corrected chi connectivity index (χ0v) is 11.5. The molecule has 0 atom stereocenters. The fraction of sp³-hybridized carbons (Fsp3) is 0.154. The van der Waals surface area contributed by atoms with Crippen molar-refractivity contribution in [3.63, 3.8) is 0 Å². The Balaban J connectivity index is 2.26. The van der Waals surface area contributed by atoms with Crippen LogP contribution < -0.4 is 10.5 Å². The van der Waals surface area contributed by atoms with Crippen LogP contribution >= 0.6 is 11.6 Å². The number of nitrogens with two attached hydrogens (primary N) is 1. The lowest BCUT2D eigenvalue weighted by atomic mass is 10.1. The molecule has 0 bridgehead atoms. The number of pyridine rings is 1. The molecule has 20 heavy (non-hydrogen) atoms.